The van der Waals surface area contributed by atoms with Crippen LogP contribution in [0.1, 0.15) is 26.7 Å². The first kappa shape index (κ1) is 17.1. The lowest BCUT2D eigenvalue weighted by Crippen LogP contribution is -2.44. The van der Waals surface area contributed by atoms with Gasteiger partial charge in [-0.2, -0.15) is 11.8 Å². The molecule has 2 amide bonds. The molecule has 0 aliphatic rings. The van der Waals surface area contributed by atoms with E-state index >= 15 is 0 Å². The topological polar surface area (TPSA) is 69.6 Å². The molecule has 0 aromatic heterocycles. The van der Waals surface area contributed by atoms with Gasteiger partial charge in [-0.1, -0.05) is 6.92 Å². The minimum absolute atomic E-state index is 0.155. The van der Waals surface area contributed by atoms with Crippen LogP contribution in [0.2, 0.25) is 0 Å². The monoisotopic (exact) mass is 276 g/mol. The summed E-state index contributed by atoms with van der Waals surface area (Å²) < 4.78 is 0. The quantitative estimate of drug-likeness (QED) is 0.710. The van der Waals surface area contributed by atoms with E-state index < -0.39 is 11.9 Å². The molecular formula is C12H24N2O3S. The Bertz CT molecular complexity index is 274. The number of aliphatic carboxylic acids is 1. The van der Waals surface area contributed by atoms with E-state index in [0.29, 0.717) is 6.42 Å². The molecule has 0 heterocycles. The summed E-state index contributed by atoms with van der Waals surface area (Å²) in [6, 6.07) is -0.0503. The first-order valence-electron chi connectivity index (χ1n) is 6.16. The SMILES string of the molecule is CCC(CNC(=O)N(C)C(C)CCSC)C(=O)O. The number of thioether (sulfide) groups is 1. The van der Waals surface area contributed by atoms with Gasteiger partial charge < -0.3 is 15.3 Å². The highest BCUT2D eigenvalue weighted by Crippen LogP contribution is 2.07. The van der Waals surface area contributed by atoms with Crippen LogP contribution in [0.15, 0.2) is 0 Å². The van der Waals surface area contributed by atoms with Gasteiger partial charge in [0.1, 0.15) is 0 Å². The fourth-order valence-electron chi connectivity index (χ4n) is 1.42. The van der Waals surface area contributed by atoms with Gasteiger partial charge >= 0.3 is 12.0 Å². The third-order valence-electron chi connectivity index (χ3n) is 3.06. The molecule has 106 valence electrons. The Labute approximate surface area is 113 Å². The number of hydrogen-bond donors (Lipinski definition) is 2. The summed E-state index contributed by atoms with van der Waals surface area (Å²) in [6.45, 7) is 3.98. The minimum Gasteiger partial charge on any atom is -0.481 e. The van der Waals surface area contributed by atoms with E-state index in [-0.39, 0.29) is 18.6 Å². The lowest BCUT2D eigenvalue weighted by molar-refractivity contribution is -0.141. The highest BCUT2D eigenvalue weighted by Gasteiger charge is 2.19. The van der Waals surface area contributed by atoms with Gasteiger partial charge in [0.05, 0.1) is 5.92 Å². The van der Waals surface area contributed by atoms with Crippen molar-refractivity contribution in [1.82, 2.24) is 10.2 Å². The molecule has 0 radical (unpaired) electrons. The summed E-state index contributed by atoms with van der Waals surface area (Å²) in [5.74, 6) is -0.370. The number of carbonyl (C=O) groups is 2. The van der Waals surface area contributed by atoms with Crippen molar-refractivity contribution in [2.45, 2.75) is 32.7 Å². The predicted octanol–water partition coefficient (Wildman–Crippen LogP) is 1.88. The summed E-state index contributed by atoms with van der Waals surface area (Å²) in [5, 5.41) is 11.6. The van der Waals surface area contributed by atoms with Crippen LogP contribution < -0.4 is 5.32 Å². The second-order valence-electron chi connectivity index (χ2n) is 4.37. The molecule has 0 fully saturated rings. The molecule has 0 spiro atoms. The van der Waals surface area contributed by atoms with Crippen molar-refractivity contribution < 1.29 is 14.7 Å². The van der Waals surface area contributed by atoms with Gasteiger partial charge in [-0.05, 0) is 31.8 Å². The number of nitrogens with zero attached hydrogens (tertiary/aromatic N) is 1. The molecule has 0 rings (SSSR count). The van der Waals surface area contributed by atoms with Gasteiger partial charge in [-0.3, -0.25) is 4.79 Å². The van der Waals surface area contributed by atoms with Crippen molar-refractivity contribution in [2.75, 3.05) is 25.6 Å². The predicted molar refractivity (Wildman–Crippen MR) is 75.0 cm³/mol. The van der Waals surface area contributed by atoms with Crippen molar-refractivity contribution in [3.63, 3.8) is 0 Å². The third kappa shape index (κ3) is 6.14. The average molecular weight is 276 g/mol. The van der Waals surface area contributed by atoms with Crippen molar-refractivity contribution >= 4 is 23.8 Å². The van der Waals surface area contributed by atoms with Crippen LogP contribution in [0.25, 0.3) is 0 Å². The normalized spacial score (nSPS) is 13.8. The second-order valence-corrected chi connectivity index (χ2v) is 5.36. The zero-order chi connectivity index (χ0) is 14.1. The molecule has 2 N–H and O–H groups in total. The van der Waals surface area contributed by atoms with E-state index in [1.807, 2.05) is 13.2 Å². The molecular weight excluding hydrogens is 252 g/mol. The molecule has 6 heteroatoms. The Kier molecular flexibility index (Phi) is 8.62. The molecule has 0 aliphatic carbocycles. The third-order valence-corrected chi connectivity index (χ3v) is 3.71. The maximum Gasteiger partial charge on any atom is 0.317 e. The first-order chi connectivity index (χ1) is 8.43. The molecule has 0 aromatic carbocycles. The number of amides is 2. The molecule has 2 atom stereocenters. The molecule has 2 unspecified atom stereocenters. The Morgan fingerprint density at radius 2 is 2.06 bits per heavy atom. The van der Waals surface area contributed by atoms with E-state index in [0.717, 1.165) is 12.2 Å². The number of hydrogen-bond acceptors (Lipinski definition) is 3. The highest BCUT2D eigenvalue weighted by molar-refractivity contribution is 7.98. The van der Waals surface area contributed by atoms with E-state index in [9.17, 15) is 9.59 Å². The minimum atomic E-state index is -0.865. The Morgan fingerprint density at radius 3 is 2.50 bits per heavy atom. The summed E-state index contributed by atoms with van der Waals surface area (Å²) >= 11 is 1.75. The zero-order valence-corrected chi connectivity index (χ0v) is 12.4. The highest BCUT2D eigenvalue weighted by atomic mass is 32.2. The zero-order valence-electron chi connectivity index (χ0n) is 11.6. The number of rotatable bonds is 8. The number of carbonyl (C=O) groups excluding carboxylic acids is 1. The Morgan fingerprint density at radius 1 is 1.44 bits per heavy atom. The van der Waals surface area contributed by atoms with Gasteiger partial charge in [-0.15, -0.1) is 0 Å². The van der Waals surface area contributed by atoms with Gasteiger partial charge in [0, 0.05) is 19.6 Å². The number of carboxylic acids is 1. The number of nitrogens with one attached hydrogen (secondary N) is 1. The molecule has 0 bridgehead atoms. The summed E-state index contributed by atoms with van der Waals surface area (Å²) in [6.07, 6.45) is 3.48. The second kappa shape index (κ2) is 9.08. The van der Waals surface area contributed by atoms with Gasteiger partial charge in [0.2, 0.25) is 0 Å². The van der Waals surface area contributed by atoms with Gasteiger partial charge in [-0.25, -0.2) is 4.79 Å². The largest absolute Gasteiger partial charge is 0.481 e. The Balaban J connectivity index is 4.11. The van der Waals surface area contributed by atoms with Crippen molar-refractivity contribution in [3.05, 3.63) is 0 Å². The number of urea groups is 1. The fraction of sp³-hybridized carbons (Fsp3) is 0.833. The van der Waals surface area contributed by atoms with Crippen molar-refractivity contribution in [1.29, 1.82) is 0 Å². The number of carboxylic acid groups (broad SMARTS) is 1. The molecule has 5 nitrogen and oxygen atoms in total. The van der Waals surface area contributed by atoms with Crippen LogP contribution in [0.3, 0.4) is 0 Å². The molecule has 18 heavy (non-hydrogen) atoms. The van der Waals surface area contributed by atoms with Crippen LogP contribution in [-0.4, -0.2) is 53.6 Å². The van der Waals surface area contributed by atoms with E-state index in [1.165, 1.54) is 0 Å². The molecule has 0 saturated heterocycles. The Hall–Kier alpha value is -0.910. The maximum atomic E-state index is 11.8. The molecule has 0 aliphatic heterocycles. The first-order valence-corrected chi connectivity index (χ1v) is 7.55. The summed E-state index contributed by atoms with van der Waals surface area (Å²) in [5.41, 5.74) is 0. The van der Waals surface area contributed by atoms with Crippen LogP contribution in [0.5, 0.6) is 0 Å². The van der Waals surface area contributed by atoms with Crippen LogP contribution in [-0.2, 0) is 4.79 Å². The van der Waals surface area contributed by atoms with Crippen LogP contribution in [0.4, 0.5) is 4.79 Å². The average Bonchev–Trinajstić information content (AvgIpc) is 2.34. The van der Waals surface area contributed by atoms with Gasteiger partial charge in [0.15, 0.2) is 0 Å². The summed E-state index contributed by atoms with van der Waals surface area (Å²) in [7, 11) is 1.74. The van der Waals surface area contributed by atoms with Crippen molar-refractivity contribution in [2.24, 2.45) is 5.92 Å². The van der Waals surface area contributed by atoms with Crippen LogP contribution >= 0.6 is 11.8 Å². The standard InChI is InChI=1S/C12H24N2O3S/c1-5-10(11(15)16)8-13-12(17)14(3)9(2)6-7-18-4/h9-10H,5-8H2,1-4H3,(H,13,17)(H,15,16). The van der Waals surface area contributed by atoms with Crippen LogP contribution in [0, 0.1) is 5.92 Å². The fourth-order valence-corrected chi connectivity index (χ4v) is 2.00. The smallest absolute Gasteiger partial charge is 0.317 e. The van der Waals surface area contributed by atoms with Crippen molar-refractivity contribution in [3.8, 4) is 0 Å². The maximum absolute atomic E-state index is 11.8. The lowest BCUT2D eigenvalue weighted by Gasteiger charge is -2.25. The van der Waals surface area contributed by atoms with E-state index in [1.54, 1.807) is 30.6 Å². The lowest BCUT2D eigenvalue weighted by atomic mass is 10.1. The van der Waals surface area contributed by atoms with Gasteiger partial charge in [0.25, 0.3) is 0 Å². The molecule has 0 saturated carbocycles. The summed E-state index contributed by atoms with van der Waals surface area (Å²) in [4.78, 5) is 24.3. The van der Waals surface area contributed by atoms with E-state index in [4.69, 9.17) is 5.11 Å². The van der Waals surface area contributed by atoms with E-state index in [2.05, 4.69) is 5.32 Å². The molecule has 0 aromatic rings.